The summed E-state index contributed by atoms with van der Waals surface area (Å²) < 4.78 is 5.82. The van der Waals surface area contributed by atoms with E-state index in [2.05, 4.69) is 21.4 Å². The maximum Gasteiger partial charge on any atom is 0.224 e. The Morgan fingerprint density at radius 3 is 3.00 bits per heavy atom. The normalized spacial score (nSPS) is 16.8. The number of hydrogen-bond acceptors (Lipinski definition) is 4. The van der Waals surface area contributed by atoms with Gasteiger partial charge in [0.25, 0.3) is 0 Å². The number of halogens is 2. The molecule has 19 heavy (non-hydrogen) atoms. The molecule has 0 bridgehead atoms. The van der Waals surface area contributed by atoms with E-state index in [-0.39, 0.29) is 11.4 Å². The van der Waals surface area contributed by atoms with Crippen LogP contribution in [0.2, 0.25) is 10.3 Å². The van der Waals surface area contributed by atoms with Crippen LogP contribution in [0.4, 0.5) is 5.82 Å². The molecule has 0 fully saturated rings. The first-order chi connectivity index (χ1) is 9.22. The summed E-state index contributed by atoms with van der Waals surface area (Å²) in [6.07, 6.45) is 2.42. The smallest absolute Gasteiger partial charge is 0.224 e. The monoisotopic (exact) mass is 295 g/mol. The minimum atomic E-state index is 0.0715. The lowest BCUT2D eigenvalue weighted by Gasteiger charge is -2.13. The lowest BCUT2D eigenvalue weighted by atomic mass is 10.1. The van der Waals surface area contributed by atoms with E-state index in [1.54, 1.807) is 0 Å². The second-order valence-electron chi connectivity index (χ2n) is 4.27. The van der Waals surface area contributed by atoms with Crippen LogP contribution >= 0.6 is 23.2 Å². The Hall–Kier alpha value is -1.52. The number of benzene rings is 1. The Morgan fingerprint density at radius 2 is 2.16 bits per heavy atom. The molecule has 1 atom stereocenters. The van der Waals surface area contributed by atoms with Crippen molar-refractivity contribution in [1.29, 1.82) is 0 Å². The number of nitrogens with zero attached hydrogens (tertiary/aromatic N) is 2. The van der Waals surface area contributed by atoms with Crippen molar-refractivity contribution in [2.24, 2.45) is 0 Å². The van der Waals surface area contributed by atoms with Gasteiger partial charge in [0.15, 0.2) is 0 Å². The largest absolute Gasteiger partial charge is 0.488 e. The number of fused-ring (bicyclic) bond motifs is 1. The Kier molecular flexibility index (Phi) is 3.44. The third-order valence-electron chi connectivity index (χ3n) is 2.93. The van der Waals surface area contributed by atoms with E-state index in [9.17, 15) is 0 Å². The van der Waals surface area contributed by atoms with Gasteiger partial charge < -0.3 is 10.1 Å². The first-order valence-electron chi connectivity index (χ1n) is 5.89. The quantitative estimate of drug-likeness (QED) is 0.884. The van der Waals surface area contributed by atoms with Crippen LogP contribution in [-0.4, -0.2) is 22.6 Å². The summed E-state index contributed by atoms with van der Waals surface area (Å²) in [6, 6.07) is 8.03. The third kappa shape index (κ3) is 2.74. The van der Waals surface area contributed by atoms with E-state index in [1.165, 1.54) is 11.8 Å². The van der Waals surface area contributed by atoms with Crippen LogP contribution in [-0.2, 0) is 6.42 Å². The van der Waals surface area contributed by atoms with Crippen molar-refractivity contribution in [2.45, 2.75) is 12.5 Å². The highest BCUT2D eigenvalue weighted by atomic mass is 35.5. The molecule has 1 aliphatic heterocycles. The zero-order valence-corrected chi connectivity index (χ0v) is 11.4. The fourth-order valence-corrected chi connectivity index (χ4v) is 2.34. The van der Waals surface area contributed by atoms with E-state index in [1.807, 2.05) is 18.2 Å². The zero-order chi connectivity index (χ0) is 13.2. The van der Waals surface area contributed by atoms with Gasteiger partial charge >= 0.3 is 0 Å². The molecule has 1 aliphatic rings. The van der Waals surface area contributed by atoms with Crippen molar-refractivity contribution >= 4 is 29.0 Å². The molecule has 0 radical (unpaired) electrons. The number of nitrogens with one attached hydrogen (secondary N) is 1. The van der Waals surface area contributed by atoms with Crippen molar-refractivity contribution in [2.75, 3.05) is 11.9 Å². The highest BCUT2D eigenvalue weighted by Crippen LogP contribution is 2.28. The standard InChI is InChI=1S/C13H11Cl2N3O/c14-10-7-17-13(15)18-12(10)16-6-9-5-8-3-1-2-4-11(8)19-9/h1-4,7,9H,5-6H2,(H,16,17,18). The van der Waals surface area contributed by atoms with Crippen molar-refractivity contribution in [1.82, 2.24) is 9.97 Å². The molecule has 1 unspecified atom stereocenters. The fourth-order valence-electron chi connectivity index (χ4n) is 2.05. The van der Waals surface area contributed by atoms with Crippen LogP contribution in [0.3, 0.4) is 0 Å². The van der Waals surface area contributed by atoms with Crippen molar-refractivity contribution in [3.63, 3.8) is 0 Å². The number of hydrogen-bond donors (Lipinski definition) is 1. The highest BCUT2D eigenvalue weighted by molar-refractivity contribution is 6.33. The topological polar surface area (TPSA) is 47.0 Å². The van der Waals surface area contributed by atoms with E-state index in [0.29, 0.717) is 17.4 Å². The number of rotatable bonds is 3. The second-order valence-corrected chi connectivity index (χ2v) is 5.01. The summed E-state index contributed by atoms with van der Waals surface area (Å²) in [6.45, 7) is 0.613. The molecule has 0 aliphatic carbocycles. The molecular formula is C13H11Cl2N3O. The number of para-hydroxylation sites is 1. The maximum absolute atomic E-state index is 5.98. The molecule has 0 amide bonds. The summed E-state index contributed by atoms with van der Waals surface area (Å²) in [4.78, 5) is 7.84. The molecular weight excluding hydrogens is 285 g/mol. The summed E-state index contributed by atoms with van der Waals surface area (Å²) >= 11 is 11.7. The Labute approximate surface area is 120 Å². The van der Waals surface area contributed by atoms with Crippen LogP contribution in [0, 0.1) is 0 Å². The van der Waals surface area contributed by atoms with Crippen LogP contribution in [0.25, 0.3) is 0 Å². The van der Waals surface area contributed by atoms with Crippen LogP contribution in [0.5, 0.6) is 5.75 Å². The van der Waals surface area contributed by atoms with Gasteiger partial charge in [-0.15, -0.1) is 0 Å². The molecule has 2 aromatic rings. The molecule has 0 spiro atoms. The summed E-state index contributed by atoms with van der Waals surface area (Å²) in [7, 11) is 0. The van der Waals surface area contributed by atoms with Crippen molar-refractivity contribution in [3.05, 3.63) is 46.3 Å². The predicted molar refractivity (Wildman–Crippen MR) is 75.1 cm³/mol. The van der Waals surface area contributed by atoms with E-state index in [0.717, 1.165) is 12.2 Å². The Morgan fingerprint density at radius 1 is 1.32 bits per heavy atom. The van der Waals surface area contributed by atoms with Gasteiger partial charge in [0, 0.05) is 6.42 Å². The summed E-state index contributed by atoms with van der Waals surface area (Å²) in [5, 5.41) is 3.75. The molecule has 6 heteroatoms. The zero-order valence-electron chi connectivity index (χ0n) is 9.94. The second kappa shape index (κ2) is 5.23. The molecule has 1 N–H and O–H groups in total. The molecule has 2 heterocycles. The Bertz CT molecular complexity index is 581. The minimum Gasteiger partial charge on any atom is -0.488 e. The molecule has 0 saturated heterocycles. The summed E-state index contributed by atoms with van der Waals surface area (Å²) in [5.74, 6) is 1.47. The molecule has 1 aromatic carbocycles. The van der Waals surface area contributed by atoms with Gasteiger partial charge in [0.05, 0.1) is 12.7 Å². The van der Waals surface area contributed by atoms with E-state index in [4.69, 9.17) is 27.9 Å². The lowest BCUT2D eigenvalue weighted by molar-refractivity contribution is 0.246. The van der Waals surface area contributed by atoms with Gasteiger partial charge in [-0.05, 0) is 23.2 Å². The van der Waals surface area contributed by atoms with E-state index >= 15 is 0 Å². The fraction of sp³-hybridized carbons (Fsp3) is 0.231. The predicted octanol–water partition coefficient (Wildman–Crippen LogP) is 3.20. The van der Waals surface area contributed by atoms with Crippen LogP contribution in [0.1, 0.15) is 5.56 Å². The summed E-state index contributed by atoms with van der Waals surface area (Å²) in [5.41, 5.74) is 1.22. The van der Waals surface area contributed by atoms with Gasteiger partial charge in [-0.1, -0.05) is 29.8 Å². The maximum atomic E-state index is 5.98. The van der Waals surface area contributed by atoms with Crippen LogP contribution in [0.15, 0.2) is 30.5 Å². The molecule has 1 aromatic heterocycles. The molecule has 3 rings (SSSR count). The molecule has 0 saturated carbocycles. The van der Waals surface area contributed by atoms with Gasteiger partial charge in [-0.3, -0.25) is 0 Å². The van der Waals surface area contributed by atoms with Gasteiger partial charge in [0.2, 0.25) is 5.28 Å². The number of aromatic nitrogens is 2. The molecule has 98 valence electrons. The lowest BCUT2D eigenvalue weighted by Crippen LogP contribution is -2.24. The highest BCUT2D eigenvalue weighted by Gasteiger charge is 2.22. The third-order valence-corrected chi connectivity index (χ3v) is 3.38. The Balaban J connectivity index is 1.64. The SMILES string of the molecule is Clc1ncc(Cl)c(NCC2Cc3ccccc3O2)n1. The van der Waals surface area contributed by atoms with Gasteiger partial charge in [-0.2, -0.15) is 4.98 Å². The van der Waals surface area contributed by atoms with Gasteiger partial charge in [-0.25, -0.2) is 4.98 Å². The van der Waals surface area contributed by atoms with E-state index < -0.39 is 0 Å². The number of ether oxygens (including phenoxy) is 1. The van der Waals surface area contributed by atoms with Crippen molar-refractivity contribution < 1.29 is 4.74 Å². The first kappa shape index (κ1) is 12.5. The molecule has 4 nitrogen and oxygen atoms in total. The first-order valence-corrected chi connectivity index (χ1v) is 6.64. The van der Waals surface area contributed by atoms with Gasteiger partial charge in [0.1, 0.15) is 22.7 Å². The van der Waals surface area contributed by atoms with Crippen LogP contribution < -0.4 is 10.1 Å². The minimum absolute atomic E-state index is 0.0715. The number of anilines is 1. The average Bonchev–Trinajstić information content (AvgIpc) is 2.82. The van der Waals surface area contributed by atoms with Crippen molar-refractivity contribution in [3.8, 4) is 5.75 Å². The average molecular weight is 296 g/mol.